The van der Waals surface area contributed by atoms with E-state index in [1.807, 2.05) is 37.3 Å². The largest absolute Gasteiger partial charge is 0.398 e. The number of fused-ring (bicyclic) bond motifs is 1. The van der Waals surface area contributed by atoms with Gasteiger partial charge in [-0.25, -0.2) is 0 Å². The Balaban J connectivity index is 1.97. The molecule has 0 unspecified atom stereocenters. The van der Waals surface area contributed by atoms with Crippen molar-refractivity contribution in [2.45, 2.75) is 13.3 Å². The van der Waals surface area contributed by atoms with Crippen molar-refractivity contribution in [1.82, 2.24) is 10.2 Å². The van der Waals surface area contributed by atoms with Gasteiger partial charge >= 0.3 is 0 Å². The molecule has 0 saturated heterocycles. The number of nitriles is 2. The molecule has 0 radical (unpaired) electrons. The van der Waals surface area contributed by atoms with Crippen LogP contribution >= 0.6 is 0 Å². The van der Waals surface area contributed by atoms with Gasteiger partial charge in [-0.2, -0.15) is 10.5 Å². The number of nitrogens with zero attached hydrogens (tertiary/aromatic N) is 2. The van der Waals surface area contributed by atoms with Crippen LogP contribution in [0, 0.1) is 29.6 Å². The Kier molecular flexibility index (Phi) is 5.13. The van der Waals surface area contributed by atoms with Gasteiger partial charge in [0.2, 0.25) is 0 Å². The second-order valence-electron chi connectivity index (χ2n) is 7.34. The van der Waals surface area contributed by atoms with E-state index in [-0.39, 0.29) is 5.56 Å². The van der Waals surface area contributed by atoms with Gasteiger partial charge in [-0.3, -0.25) is 15.0 Å². The number of aromatic amines is 2. The molecule has 1 aromatic heterocycles. The summed E-state index contributed by atoms with van der Waals surface area (Å²) in [6.07, 6.45) is 3.69. The van der Waals surface area contributed by atoms with Gasteiger partial charge in [0.15, 0.2) is 0 Å². The van der Waals surface area contributed by atoms with Crippen molar-refractivity contribution in [3.63, 3.8) is 0 Å². The minimum Gasteiger partial charge on any atom is -0.398 e. The molecule has 4 rings (SSSR count). The maximum Gasteiger partial charge on any atom is 0.271 e. The van der Waals surface area contributed by atoms with E-state index in [9.17, 15) is 10.1 Å². The number of rotatable bonds is 4. The minimum atomic E-state index is -0.171. The molecular formula is C25H19N5O. The van der Waals surface area contributed by atoms with E-state index in [1.165, 1.54) is 6.08 Å². The molecule has 0 fully saturated rings. The summed E-state index contributed by atoms with van der Waals surface area (Å²) < 4.78 is 0. The number of anilines is 1. The number of aryl methyl sites for hydroxylation is 1. The van der Waals surface area contributed by atoms with Crippen LogP contribution in [0.2, 0.25) is 0 Å². The summed E-state index contributed by atoms with van der Waals surface area (Å²) in [6, 6.07) is 19.0. The molecule has 150 valence electrons. The highest BCUT2D eigenvalue weighted by Crippen LogP contribution is 2.35. The third-order valence-electron chi connectivity index (χ3n) is 5.32. The van der Waals surface area contributed by atoms with Gasteiger partial charge in [0.25, 0.3) is 5.56 Å². The molecule has 4 aromatic rings. The van der Waals surface area contributed by atoms with E-state index < -0.39 is 0 Å². The number of para-hydroxylation sites is 1. The van der Waals surface area contributed by atoms with Crippen molar-refractivity contribution >= 4 is 22.7 Å². The summed E-state index contributed by atoms with van der Waals surface area (Å²) in [5, 5.41) is 24.4. The highest BCUT2D eigenvalue weighted by molar-refractivity contribution is 5.95. The van der Waals surface area contributed by atoms with Crippen LogP contribution in [0.1, 0.15) is 27.8 Å². The fourth-order valence-corrected chi connectivity index (χ4v) is 3.95. The van der Waals surface area contributed by atoms with Crippen LogP contribution in [0.15, 0.2) is 59.4 Å². The van der Waals surface area contributed by atoms with E-state index in [4.69, 9.17) is 11.0 Å². The Morgan fingerprint density at radius 3 is 2.68 bits per heavy atom. The lowest BCUT2D eigenvalue weighted by molar-refractivity contribution is 1.08. The molecule has 0 aliphatic carbocycles. The smallest absolute Gasteiger partial charge is 0.271 e. The highest BCUT2D eigenvalue weighted by atomic mass is 16.1. The first-order chi connectivity index (χ1) is 15.0. The molecular weight excluding hydrogens is 386 g/mol. The zero-order valence-corrected chi connectivity index (χ0v) is 16.9. The van der Waals surface area contributed by atoms with E-state index in [1.54, 1.807) is 30.3 Å². The number of allylic oxidation sites excluding steroid dienone is 1. The first kappa shape index (κ1) is 19.8. The van der Waals surface area contributed by atoms with Gasteiger partial charge in [0, 0.05) is 23.7 Å². The molecule has 0 atom stereocenters. The number of hydrogen-bond donors (Lipinski definition) is 3. The van der Waals surface area contributed by atoms with Crippen molar-refractivity contribution in [3.8, 4) is 23.3 Å². The predicted molar refractivity (Wildman–Crippen MR) is 122 cm³/mol. The average molecular weight is 405 g/mol. The summed E-state index contributed by atoms with van der Waals surface area (Å²) in [5.74, 6) is 0. The lowest BCUT2D eigenvalue weighted by atomic mass is 9.88. The minimum absolute atomic E-state index is 0.171. The summed E-state index contributed by atoms with van der Waals surface area (Å²) in [5.41, 5.74) is 13.5. The van der Waals surface area contributed by atoms with Crippen molar-refractivity contribution in [2.75, 3.05) is 5.73 Å². The van der Waals surface area contributed by atoms with Gasteiger partial charge in [0.05, 0.1) is 28.6 Å². The lowest BCUT2D eigenvalue weighted by Crippen LogP contribution is -2.01. The number of nitrogen functional groups attached to an aromatic ring is 1. The SMILES string of the molecule is Cc1cc(/C=C/C#N)cc(Cc2cc(C#N)ccc2N)c1-c1cccc2c(=O)[nH][nH]c12. The highest BCUT2D eigenvalue weighted by Gasteiger charge is 2.16. The van der Waals surface area contributed by atoms with Crippen LogP contribution in [0.25, 0.3) is 28.1 Å². The van der Waals surface area contributed by atoms with Crippen molar-refractivity contribution in [3.05, 3.63) is 92.8 Å². The zero-order valence-electron chi connectivity index (χ0n) is 16.9. The molecule has 1 heterocycles. The van der Waals surface area contributed by atoms with E-state index >= 15 is 0 Å². The topological polar surface area (TPSA) is 122 Å². The number of aromatic nitrogens is 2. The number of hydrogen-bond acceptors (Lipinski definition) is 4. The first-order valence-corrected chi connectivity index (χ1v) is 9.69. The maximum atomic E-state index is 12.1. The molecule has 6 heteroatoms. The second kappa shape index (κ2) is 8.06. The van der Waals surface area contributed by atoms with Crippen LogP contribution in [0.5, 0.6) is 0 Å². The molecule has 0 aliphatic heterocycles. The Morgan fingerprint density at radius 1 is 1.06 bits per heavy atom. The van der Waals surface area contributed by atoms with E-state index in [0.717, 1.165) is 38.9 Å². The van der Waals surface area contributed by atoms with Crippen molar-refractivity contribution in [1.29, 1.82) is 10.5 Å². The standard InChI is InChI=1S/C25H19N5O/c1-15-10-16(4-3-9-26)11-19(13-18-12-17(14-27)7-8-22(18)28)23(15)20-5-2-6-21-24(20)29-30-25(21)31/h2-8,10-12H,13,28H2,1H3,(H2,29,30,31)/b4-3+. The van der Waals surface area contributed by atoms with Gasteiger partial charge in [-0.15, -0.1) is 0 Å². The number of benzene rings is 3. The van der Waals surface area contributed by atoms with E-state index in [2.05, 4.69) is 16.3 Å². The van der Waals surface area contributed by atoms with Crippen LogP contribution in [0.4, 0.5) is 5.69 Å². The normalized spacial score (nSPS) is 10.9. The van der Waals surface area contributed by atoms with Crippen LogP contribution in [-0.4, -0.2) is 10.2 Å². The molecule has 31 heavy (non-hydrogen) atoms. The van der Waals surface area contributed by atoms with Crippen molar-refractivity contribution < 1.29 is 0 Å². The molecule has 0 aliphatic rings. The Bertz CT molecular complexity index is 1470. The van der Waals surface area contributed by atoms with Crippen LogP contribution < -0.4 is 11.3 Å². The summed E-state index contributed by atoms with van der Waals surface area (Å²) >= 11 is 0. The first-order valence-electron chi connectivity index (χ1n) is 9.69. The Labute approximate surface area is 178 Å². The summed E-state index contributed by atoms with van der Waals surface area (Å²) in [6.45, 7) is 2.00. The molecule has 0 spiro atoms. The fraction of sp³-hybridized carbons (Fsp3) is 0.0800. The number of nitrogens with one attached hydrogen (secondary N) is 2. The van der Waals surface area contributed by atoms with E-state index in [0.29, 0.717) is 23.1 Å². The number of H-pyrrole nitrogens is 2. The molecule has 0 saturated carbocycles. The Morgan fingerprint density at radius 2 is 1.90 bits per heavy atom. The second-order valence-corrected chi connectivity index (χ2v) is 7.34. The summed E-state index contributed by atoms with van der Waals surface area (Å²) in [7, 11) is 0. The fourth-order valence-electron chi connectivity index (χ4n) is 3.95. The third kappa shape index (κ3) is 3.71. The van der Waals surface area contributed by atoms with Crippen molar-refractivity contribution in [2.24, 2.45) is 0 Å². The molecule has 0 amide bonds. The van der Waals surface area contributed by atoms with Crippen LogP contribution in [-0.2, 0) is 6.42 Å². The maximum absolute atomic E-state index is 12.1. The molecule has 4 N–H and O–H groups in total. The van der Waals surface area contributed by atoms with Gasteiger partial charge in [-0.1, -0.05) is 24.3 Å². The zero-order chi connectivity index (χ0) is 22.0. The predicted octanol–water partition coefficient (Wildman–Crippen LogP) is 4.41. The average Bonchev–Trinajstić information content (AvgIpc) is 3.15. The van der Waals surface area contributed by atoms with Gasteiger partial charge in [-0.05, 0) is 65.1 Å². The molecule has 0 bridgehead atoms. The Hall–Kier alpha value is -4.55. The molecule has 6 nitrogen and oxygen atoms in total. The number of nitrogens with two attached hydrogens (primary N) is 1. The molecule has 3 aromatic carbocycles. The summed E-state index contributed by atoms with van der Waals surface area (Å²) in [4.78, 5) is 12.1. The quantitative estimate of drug-likeness (QED) is 0.344. The third-order valence-corrected chi connectivity index (χ3v) is 5.32. The van der Waals surface area contributed by atoms with Gasteiger partial charge in [0.1, 0.15) is 0 Å². The van der Waals surface area contributed by atoms with Crippen LogP contribution in [0.3, 0.4) is 0 Å². The van der Waals surface area contributed by atoms with Gasteiger partial charge < -0.3 is 5.73 Å². The lowest BCUT2D eigenvalue weighted by Gasteiger charge is -2.17. The monoisotopic (exact) mass is 405 g/mol.